The lowest BCUT2D eigenvalue weighted by molar-refractivity contribution is -0.139. The number of carboxylic acids is 1. The molecule has 1 aromatic carbocycles. The fourth-order valence-corrected chi connectivity index (χ4v) is 3.56. The molecule has 0 aliphatic carbocycles. The van der Waals surface area contributed by atoms with E-state index in [4.69, 9.17) is 5.11 Å². The summed E-state index contributed by atoms with van der Waals surface area (Å²) in [4.78, 5) is 9.99. The molecule has 1 saturated heterocycles. The van der Waals surface area contributed by atoms with Crippen molar-refractivity contribution in [3.05, 3.63) is 29.8 Å². The zero-order chi connectivity index (χ0) is 14.2. The molecule has 0 amide bonds. The van der Waals surface area contributed by atoms with Gasteiger partial charge in [-0.3, -0.25) is 4.79 Å². The first-order valence-electron chi connectivity index (χ1n) is 5.47. The molecule has 0 aromatic heterocycles. The van der Waals surface area contributed by atoms with Crippen LogP contribution in [0.1, 0.15) is 6.42 Å². The molecule has 0 atom stereocenters. The lowest BCUT2D eigenvalue weighted by atomic mass is 10.00. The molecule has 0 bridgehead atoms. The average Bonchev–Trinajstić information content (AvgIpc) is 2.20. The van der Waals surface area contributed by atoms with Crippen LogP contribution in [-0.2, 0) is 14.8 Å². The number of halogens is 2. The Kier molecular flexibility index (Phi) is 3.55. The van der Waals surface area contributed by atoms with E-state index in [1.807, 2.05) is 0 Å². The van der Waals surface area contributed by atoms with Crippen LogP contribution >= 0.6 is 0 Å². The lowest BCUT2D eigenvalue weighted by Crippen LogP contribution is -2.50. The van der Waals surface area contributed by atoms with Gasteiger partial charge in [-0.2, -0.15) is 4.31 Å². The van der Waals surface area contributed by atoms with Gasteiger partial charge in [-0.1, -0.05) is 0 Å². The summed E-state index contributed by atoms with van der Waals surface area (Å²) in [7, 11) is -3.96. The molecule has 1 N–H and O–H groups in total. The third kappa shape index (κ3) is 2.90. The van der Waals surface area contributed by atoms with Gasteiger partial charge in [0.1, 0.15) is 11.6 Å². The predicted octanol–water partition coefficient (Wildman–Crippen LogP) is 1.06. The van der Waals surface area contributed by atoms with Gasteiger partial charge < -0.3 is 5.11 Å². The summed E-state index contributed by atoms with van der Waals surface area (Å²) in [6.07, 6.45) is -0.121. The first-order chi connectivity index (χ1) is 8.79. The zero-order valence-corrected chi connectivity index (χ0v) is 10.5. The highest BCUT2D eigenvalue weighted by atomic mass is 32.2. The monoisotopic (exact) mass is 291 g/mol. The summed E-state index contributed by atoms with van der Waals surface area (Å²) < 4.78 is 51.0. The quantitative estimate of drug-likeness (QED) is 0.900. The fraction of sp³-hybridized carbons (Fsp3) is 0.364. The third-order valence-corrected chi connectivity index (χ3v) is 4.67. The molecule has 8 heteroatoms. The van der Waals surface area contributed by atoms with Gasteiger partial charge in [0, 0.05) is 19.2 Å². The molecule has 0 spiro atoms. The number of aliphatic carboxylic acids is 1. The minimum Gasteiger partial charge on any atom is -0.481 e. The van der Waals surface area contributed by atoms with Crippen LogP contribution in [-0.4, -0.2) is 36.9 Å². The molecule has 1 aliphatic heterocycles. The maximum atomic E-state index is 13.0. The van der Waals surface area contributed by atoms with Crippen molar-refractivity contribution in [2.45, 2.75) is 11.3 Å². The summed E-state index contributed by atoms with van der Waals surface area (Å²) in [5.74, 6) is -3.20. The SMILES string of the molecule is O=C(O)CC1CN(S(=O)(=O)c2cc(F)cc(F)c2)C1. The third-order valence-electron chi connectivity index (χ3n) is 2.86. The number of hydrogen-bond acceptors (Lipinski definition) is 3. The summed E-state index contributed by atoms with van der Waals surface area (Å²) in [5.41, 5.74) is 0. The Morgan fingerprint density at radius 1 is 1.26 bits per heavy atom. The van der Waals surface area contributed by atoms with Crippen LogP contribution in [0.4, 0.5) is 8.78 Å². The van der Waals surface area contributed by atoms with E-state index in [-0.39, 0.29) is 25.4 Å². The van der Waals surface area contributed by atoms with Gasteiger partial charge >= 0.3 is 5.97 Å². The van der Waals surface area contributed by atoms with E-state index in [1.54, 1.807) is 0 Å². The van der Waals surface area contributed by atoms with E-state index in [0.29, 0.717) is 6.07 Å². The van der Waals surface area contributed by atoms with Gasteiger partial charge in [0.05, 0.1) is 11.3 Å². The summed E-state index contributed by atoms with van der Waals surface area (Å²) in [6, 6.07) is 2.06. The molecular weight excluding hydrogens is 280 g/mol. The number of rotatable bonds is 4. The van der Waals surface area contributed by atoms with Crippen molar-refractivity contribution in [1.82, 2.24) is 4.31 Å². The zero-order valence-electron chi connectivity index (χ0n) is 9.71. The second kappa shape index (κ2) is 4.86. The molecule has 1 aliphatic rings. The molecule has 1 heterocycles. The second-order valence-electron chi connectivity index (χ2n) is 4.39. The Morgan fingerprint density at radius 2 is 1.79 bits per heavy atom. The Morgan fingerprint density at radius 3 is 2.26 bits per heavy atom. The Hall–Kier alpha value is -1.54. The maximum absolute atomic E-state index is 13.0. The molecular formula is C11H11F2NO4S. The van der Waals surface area contributed by atoms with Crippen LogP contribution in [0.5, 0.6) is 0 Å². The summed E-state index contributed by atoms with van der Waals surface area (Å²) >= 11 is 0. The molecule has 2 rings (SSSR count). The van der Waals surface area contributed by atoms with Crippen molar-refractivity contribution in [3.63, 3.8) is 0 Å². The number of carbonyl (C=O) groups is 1. The van der Waals surface area contributed by atoms with Crippen molar-refractivity contribution in [1.29, 1.82) is 0 Å². The molecule has 0 saturated carbocycles. The Labute approximate surface area is 108 Å². The highest BCUT2D eigenvalue weighted by molar-refractivity contribution is 7.89. The second-order valence-corrected chi connectivity index (χ2v) is 6.33. The van der Waals surface area contributed by atoms with Gasteiger partial charge in [0.15, 0.2) is 0 Å². The van der Waals surface area contributed by atoms with Gasteiger partial charge in [-0.05, 0) is 18.1 Å². The predicted molar refractivity (Wildman–Crippen MR) is 60.9 cm³/mol. The smallest absolute Gasteiger partial charge is 0.303 e. The number of nitrogens with zero attached hydrogens (tertiary/aromatic N) is 1. The van der Waals surface area contributed by atoms with Crippen LogP contribution in [0, 0.1) is 17.6 Å². The lowest BCUT2D eigenvalue weighted by Gasteiger charge is -2.37. The van der Waals surface area contributed by atoms with E-state index in [2.05, 4.69) is 0 Å². The van der Waals surface area contributed by atoms with Gasteiger partial charge in [-0.25, -0.2) is 17.2 Å². The van der Waals surface area contributed by atoms with Gasteiger partial charge in [-0.15, -0.1) is 0 Å². The molecule has 5 nitrogen and oxygen atoms in total. The van der Waals surface area contributed by atoms with Crippen LogP contribution in [0.2, 0.25) is 0 Å². The van der Waals surface area contributed by atoms with Crippen LogP contribution < -0.4 is 0 Å². The Bertz CT molecular complexity index is 591. The van der Waals surface area contributed by atoms with Crippen molar-refractivity contribution >= 4 is 16.0 Å². The maximum Gasteiger partial charge on any atom is 0.303 e. The fourth-order valence-electron chi connectivity index (χ4n) is 1.92. The largest absolute Gasteiger partial charge is 0.481 e. The normalized spacial score (nSPS) is 17.2. The van der Waals surface area contributed by atoms with E-state index < -0.39 is 32.5 Å². The van der Waals surface area contributed by atoms with Crippen LogP contribution in [0.15, 0.2) is 23.1 Å². The molecule has 0 unspecified atom stereocenters. The van der Waals surface area contributed by atoms with E-state index >= 15 is 0 Å². The highest BCUT2D eigenvalue weighted by Crippen LogP contribution is 2.27. The summed E-state index contributed by atoms with van der Waals surface area (Å²) in [6.45, 7) is 0.0968. The first-order valence-corrected chi connectivity index (χ1v) is 6.91. The molecule has 1 aromatic rings. The first kappa shape index (κ1) is 13.9. The van der Waals surface area contributed by atoms with Crippen LogP contribution in [0.3, 0.4) is 0 Å². The van der Waals surface area contributed by atoms with Crippen molar-refractivity contribution in [2.75, 3.05) is 13.1 Å². The molecule has 1 fully saturated rings. The number of carboxylic acid groups (broad SMARTS) is 1. The summed E-state index contributed by atoms with van der Waals surface area (Å²) in [5, 5.41) is 8.56. The molecule has 104 valence electrons. The number of benzene rings is 1. The molecule has 19 heavy (non-hydrogen) atoms. The van der Waals surface area contributed by atoms with E-state index in [0.717, 1.165) is 16.4 Å². The van der Waals surface area contributed by atoms with Crippen molar-refractivity contribution in [2.24, 2.45) is 5.92 Å². The van der Waals surface area contributed by atoms with Gasteiger partial charge in [0.25, 0.3) is 0 Å². The highest BCUT2D eigenvalue weighted by Gasteiger charge is 2.37. The van der Waals surface area contributed by atoms with Gasteiger partial charge in [0.2, 0.25) is 10.0 Å². The molecule has 0 radical (unpaired) electrons. The van der Waals surface area contributed by atoms with Crippen molar-refractivity contribution in [3.8, 4) is 0 Å². The van der Waals surface area contributed by atoms with E-state index in [1.165, 1.54) is 0 Å². The number of sulfonamides is 1. The average molecular weight is 291 g/mol. The minimum atomic E-state index is -3.96. The topological polar surface area (TPSA) is 74.7 Å². The minimum absolute atomic E-state index is 0.0484. The van der Waals surface area contributed by atoms with Crippen LogP contribution in [0.25, 0.3) is 0 Å². The van der Waals surface area contributed by atoms with Crippen molar-refractivity contribution < 1.29 is 27.1 Å². The Balaban J connectivity index is 2.14. The van der Waals surface area contributed by atoms with E-state index in [9.17, 15) is 22.0 Å². The standard InChI is InChI=1S/C11H11F2NO4S/c12-8-2-9(13)4-10(3-8)19(17,18)14-5-7(6-14)1-11(15)16/h2-4,7H,1,5-6H2,(H,15,16). The number of hydrogen-bond donors (Lipinski definition) is 1.